The SMILES string of the molecule is Cc1ccccc1Oc1ccc2c(c1)C(C)(C)c1ccccc1-2. The molecule has 0 aliphatic heterocycles. The minimum absolute atomic E-state index is 0.0109. The van der Waals surface area contributed by atoms with Crippen molar-refractivity contribution in [1.29, 1.82) is 0 Å². The van der Waals surface area contributed by atoms with Crippen LogP contribution in [0.2, 0.25) is 0 Å². The summed E-state index contributed by atoms with van der Waals surface area (Å²) in [4.78, 5) is 0. The van der Waals surface area contributed by atoms with E-state index in [9.17, 15) is 0 Å². The van der Waals surface area contributed by atoms with Crippen LogP contribution in [0, 0.1) is 6.92 Å². The van der Waals surface area contributed by atoms with E-state index in [0.29, 0.717) is 0 Å². The van der Waals surface area contributed by atoms with E-state index in [4.69, 9.17) is 4.74 Å². The summed E-state index contributed by atoms with van der Waals surface area (Å²) in [7, 11) is 0. The van der Waals surface area contributed by atoms with E-state index in [-0.39, 0.29) is 5.41 Å². The Hall–Kier alpha value is -2.54. The van der Waals surface area contributed by atoms with Crippen LogP contribution in [0.25, 0.3) is 11.1 Å². The van der Waals surface area contributed by atoms with E-state index in [1.807, 2.05) is 18.2 Å². The number of aryl methyl sites for hydroxylation is 1. The molecule has 0 radical (unpaired) electrons. The molecule has 1 nitrogen and oxygen atoms in total. The summed E-state index contributed by atoms with van der Waals surface area (Å²) in [6.45, 7) is 6.65. The summed E-state index contributed by atoms with van der Waals surface area (Å²) in [6.07, 6.45) is 0. The first-order valence-electron chi connectivity index (χ1n) is 8.05. The summed E-state index contributed by atoms with van der Waals surface area (Å²) in [5, 5.41) is 0. The van der Waals surface area contributed by atoms with Crippen molar-refractivity contribution >= 4 is 0 Å². The van der Waals surface area contributed by atoms with Crippen LogP contribution in [0.3, 0.4) is 0 Å². The Morgan fingerprint density at radius 1 is 0.739 bits per heavy atom. The second-order valence-electron chi connectivity index (χ2n) is 6.75. The highest BCUT2D eigenvalue weighted by Crippen LogP contribution is 2.49. The number of hydrogen-bond acceptors (Lipinski definition) is 1. The Labute approximate surface area is 137 Å². The Morgan fingerprint density at radius 2 is 1.43 bits per heavy atom. The molecular weight excluding hydrogens is 280 g/mol. The van der Waals surface area contributed by atoms with Crippen molar-refractivity contribution in [3.05, 3.63) is 83.4 Å². The smallest absolute Gasteiger partial charge is 0.130 e. The molecule has 1 aliphatic rings. The van der Waals surface area contributed by atoms with E-state index >= 15 is 0 Å². The number of rotatable bonds is 2. The molecule has 0 fully saturated rings. The van der Waals surface area contributed by atoms with Gasteiger partial charge < -0.3 is 4.74 Å². The third-order valence-corrected chi connectivity index (χ3v) is 4.88. The van der Waals surface area contributed by atoms with Crippen molar-refractivity contribution in [2.45, 2.75) is 26.2 Å². The average molecular weight is 300 g/mol. The number of benzene rings is 3. The largest absolute Gasteiger partial charge is 0.457 e. The standard InChI is InChI=1S/C22H20O/c1-15-8-4-7-11-21(15)23-16-12-13-18-17-9-5-6-10-19(17)22(2,3)20(18)14-16/h4-14H,1-3H3. The topological polar surface area (TPSA) is 9.23 Å². The highest BCUT2D eigenvalue weighted by atomic mass is 16.5. The predicted molar refractivity (Wildman–Crippen MR) is 95.3 cm³/mol. The second kappa shape index (κ2) is 4.99. The van der Waals surface area contributed by atoms with Crippen molar-refractivity contribution in [1.82, 2.24) is 0 Å². The lowest BCUT2D eigenvalue weighted by molar-refractivity contribution is 0.477. The fourth-order valence-electron chi connectivity index (χ4n) is 3.54. The van der Waals surface area contributed by atoms with Crippen LogP contribution in [0.1, 0.15) is 30.5 Å². The molecule has 3 aromatic carbocycles. The highest BCUT2D eigenvalue weighted by Gasteiger charge is 2.35. The molecular formula is C22H20O. The van der Waals surface area contributed by atoms with Crippen molar-refractivity contribution in [2.24, 2.45) is 0 Å². The molecule has 0 unspecified atom stereocenters. The lowest BCUT2D eigenvalue weighted by atomic mass is 9.82. The van der Waals surface area contributed by atoms with Crippen LogP contribution in [0.4, 0.5) is 0 Å². The van der Waals surface area contributed by atoms with Crippen molar-refractivity contribution < 1.29 is 4.74 Å². The normalized spacial score (nSPS) is 14.2. The van der Waals surface area contributed by atoms with Gasteiger partial charge in [0, 0.05) is 5.41 Å². The van der Waals surface area contributed by atoms with Gasteiger partial charge in [0.1, 0.15) is 11.5 Å². The average Bonchev–Trinajstić information content (AvgIpc) is 2.78. The van der Waals surface area contributed by atoms with Crippen molar-refractivity contribution in [3.8, 4) is 22.6 Å². The maximum Gasteiger partial charge on any atom is 0.130 e. The first-order chi connectivity index (χ1) is 11.1. The molecule has 0 spiro atoms. The fourth-order valence-corrected chi connectivity index (χ4v) is 3.54. The maximum absolute atomic E-state index is 6.13. The number of hydrogen-bond donors (Lipinski definition) is 0. The maximum atomic E-state index is 6.13. The number of fused-ring (bicyclic) bond motifs is 3. The molecule has 0 bridgehead atoms. The molecule has 0 atom stereocenters. The number of ether oxygens (including phenoxy) is 1. The van der Waals surface area contributed by atoms with Crippen LogP contribution in [0.5, 0.6) is 11.5 Å². The third kappa shape index (κ3) is 2.16. The summed E-state index contributed by atoms with van der Waals surface area (Å²) in [5.74, 6) is 1.82. The zero-order valence-electron chi connectivity index (χ0n) is 13.8. The van der Waals surface area contributed by atoms with Gasteiger partial charge >= 0.3 is 0 Å². The minimum Gasteiger partial charge on any atom is -0.457 e. The fraction of sp³-hybridized carbons (Fsp3) is 0.182. The van der Waals surface area contributed by atoms with E-state index in [1.165, 1.54) is 22.3 Å². The molecule has 1 aliphatic carbocycles. The molecule has 0 saturated carbocycles. The molecule has 114 valence electrons. The van der Waals surface area contributed by atoms with Crippen LogP contribution in [-0.2, 0) is 5.41 Å². The van der Waals surface area contributed by atoms with Gasteiger partial charge in [-0.1, -0.05) is 62.4 Å². The molecule has 0 aromatic heterocycles. The Kier molecular flexibility index (Phi) is 3.05. The van der Waals surface area contributed by atoms with Crippen LogP contribution in [-0.4, -0.2) is 0 Å². The molecule has 1 heteroatoms. The van der Waals surface area contributed by atoms with Crippen molar-refractivity contribution in [2.75, 3.05) is 0 Å². The van der Waals surface area contributed by atoms with Crippen LogP contribution >= 0.6 is 0 Å². The van der Waals surface area contributed by atoms with E-state index in [1.54, 1.807) is 0 Å². The third-order valence-electron chi connectivity index (χ3n) is 4.88. The zero-order chi connectivity index (χ0) is 16.0. The molecule has 23 heavy (non-hydrogen) atoms. The minimum atomic E-state index is 0.0109. The summed E-state index contributed by atoms with van der Waals surface area (Å²) in [6, 6.07) is 23.3. The molecule has 0 saturated heterocycles. The number of para-hydroxylation sites is 1. The molecule has 3 aromatic rings. The lowest BCUT2D eigenvalue weighted by Gasteiger charge is -2.22. The van der Waals surface area contributed by atoms with Crippen molar-refractivity contribution in [3.63, 3.8) is 0 Å². The van der Waals surface area contributed by atoms with E-state index in [0.717, 1.165) is 17.1 Å². The summed E-state index contributed by atoms with van der Waals surface area (Å²) >= 11 is 0. The summed E-state index contributed by atoms with van der Waals surface area (Å²) < 4.78 is 6.13. The Balaban J connectivity index is 1.79. The highest BCUT2D eigenvalue weighted by molar-refractivity contribution is 5.81. The quantitative estimate of drug-likeness (QED) is 0.556. The van der Waals surface area contributed by atoms with Gasteiger partial charge in [0.25, 0.3) is 0 Å². The molecule has 0 heterocycles. The van der Waals surface area contributed by atoms with Gasteiger partial charge in [0.05, 0.1) is 0 Å². The Morgan fingerprint density at radius 3 is 2.26 bits per heavy atom. The van der Waals surface area contributed by atoms with Gasteiger partial charge in [0.2, 0.25) is 0 Å². The van der Waals surface area contributed by atoms with E-state index in [2.05, 4.69) is 69.3 Å². The summed E-state index contributed by atoms with van der Waals surface area (Å²) in [5.41, 5.74) is 6.55. The predicted octanol–water partition coefficient (Wildman–Crippen LogP) is 6.09. The van der Waals surface area contributed by atoms with Gasteiger partial charge in [-0.15, -0.1) is 0 Å². The molecule has 0 N–H and O–H groups in total. The second-order valence-corrected chi connectivity index (χ2v) is 6.75. The molecule has 4 rings (SSSR count). The van der Waals surface area contributed by atoms with Gasteiger partial charge in [-0.25, -0.2) is 0 Å². The van der Waals surface area contributed by atoms with Gasteiger partial charge in [-0.3, -0.25) is 0 Å². The first kappa shape index (κ1) is 14.1. The molecule has 0 amide bonds. The van der Waals surface area contributed by atoms with Gasteiger partial charge in [-0.2, -0.15) is 0 Å². The van der Waals surface area contributed by atoms with Gasteiger partial charge in [0.15, 0.2) is 0 Å². The van der Waals surface area contributed by atoms with Gasteiger partial charge in [-0.05, 0) is 52.9 Å². The zero-order valence-corrected chi connectivity index (χ0v) is 13.8. The van der Waals surface area contributed by atoms with Crippen LogP contribution in [0.15, 0.2) is 66.7 Å². The monoisotopic (exact) mass is 300 g/mol. The van der Waals surface area contributed by atoms with E-state index < -0.39 is 0 Å². The van der Waals surface area contributed by atoms with Crippen LogP contribution < -0.4 is 4.74 Å². The Bertz CT molecular complexity index is 890. The first-order valence-corrected chi connectivity index (χ1v) is 8.05. The lowest BCUT2D eigenvalue weighted by Crippen LogP contribution is -2.14.